The van der Waals surface area contributed by atoms with Crippen LogP contribution in [0.2, 0.25) is 0 Å². The van der Waals surface area contributed by atoms with E-state index in [1.54, 1.807) is 90.0 Å². The van der Waals surface area contributed by atoms with Crippen LogP contribution in [-0.2, 0) is 105 Å². The molecule has 38 heteroatoms. The molecule has 14 N–H and O–H groups in total. The molecule has 730 valence electrons. The van der Waals surface area contributed by atoms with Gasteiger partial charge in [0, 0.05) is 25.0 Å². The van der Waals surface area contributed by atoms with Gasteiger partial charge in [0.05, 0.1) is 120 Å². The lowest BCUT2D eigenvalue weighted by molar-refractivity contribution is -0.159. The number of hydrogen-bond acceptors (Lipinski definition) is 34. The average molecular weight is 1790 g/mol. The van der Waals surface area contributed by atoms with Crippen LogP contribution >= 0.6 is 0 Å². The predicted molar refractivity (Wildman–Crippen MR) is 452 cm³/mol. The van der Waals surface area contributed by atoms with Crippen molar-refractivity contribution in [2.75, 3.05) is 79.3 Å². The van der Waals surface area contributed by atoms with Gasteiger partial charge in [0.2, 0.25) is 0 Å². The van der Waals surface area contributed by atoms with E-state index in [4.69, 9.17) is 109 Å². The van der Waals surface area contributed by atoms with Crippen molar-refractivity contribution in [3.63, 3.8) is 0 Å². The highest BCUT2D eigenvalue weighted by atomic mass is 16.7. The van der Waals surface area contributed by atoms with Gasteiger partial charge < -0.3 is 119 Å². The lowest BCUT2D eigenvalue weighted by Crippen LogP contribution is -2.30. The number of carboxylic acid groups (broad SMARTS) is 4. The van der Waals surface area contributed by atoms with E-state index in [2.05, 4.69) is 9.47 Å². The molecule has 123 heavy (non-hydrogen) atoms. The fourth-order valence-electron chi connectivity index (χ4n) is 5.58. The zero-order chi connectivity index (χ0) is 99.1. The molecule has 0 aliphatic carbocycles. The third-order valence-electron chi connectivity index (χ3n) is 18.1. The van der Waals surface area contributed by atoms with Gasteiger partial charge in [0.25, 0.3) is 0 Å². The van der Waals surface area contributed by atoms with Crippen LogP contribution in [0.15, 0.2) is 0 Å². The van der Waals surface area contributed by atoms with Crippen LogP contribution in [0.1, 0.15) is 278 Å². The highest BCUT2D eigenvalue weighted by molar-refractivity contribution is 5.85. The minimum absolute atomic E-state index is 0.0246. The monoisotopic (exact) mass is 1790 g/mol. The number of carbonyl (C=O) groups excluding carboxylic acids is 10. The van der Waals surface area contributed by atoms with E-state index < -0.39 is 125 Å². The number of rotatable bonds is 44. The Balaban J connectivity index is -0.000000144. The summed E-state index contributed by atoms with van der Waals surface area (Å²) in [6, 6.07) is 0. The summed E-state index contributed by atoms with van der Waals surface area (Å²) in [6.45, 7) is 51.5. The molecule has 0 saturated carbocycles. The topological polar surface area (TPSA) is 615 Å². The molecule has 0 amide bonds. The van der Waals surface area contributed by atoms with Crippen LogP contribution in [-0.4, -0.2) is 271 Å². The van der Waals surface area contributed by atoms with Crippen molar-refractivity contribution in [1.82, 2.24) is 0 Å². The van der Waals surface area contributed by atoms with Crippen molar-refractivity contribution < 1.29 is 186 Å². The molecule has 0 aliphatic rings. The molecule has 0 saturated heterocycles. The molecule has 0 aromatic heterocycles. The van der Waals surface area contributed by atoms with Crippen LogP contribution in [0.4, 0.5) is 9.59 Å². The zero-order valence-corrected chi connectivity index (χ0v) is 79.0. The van der Waals surface area contributed by atoms with Gasteiger partial charge in [0.15, 0.2) is 0 Å². The minimum atomic E-state index is -1.54. The van der Waals surface area contributed by atoms with E-state index in [0.717, 1.165) is 25.7 Å². The van der Waals surface area contributed by atoms with Gasteiger partial charge in [0.1, 0.15) is 51.8 Å². The largest absolute Gasteiger partial charge is 0.513 e. The number of esters is 10. The first-order valence-corrected chi connectivity index (χ1v) is 41.5. The fourth-order valence-corrected chi connectivity index (χ4v) is 5.58. The van der Waals surface area contributed by atoms with Crippen LogP contribution < -0.4 is 0 Å². The first-order chi connectivity index (χ1) is 56.3. The molecular formula is C85H162O38. The van der Waals surface area contributed by atoms with E-state index in [1.165, 1.54) is 0 Å². The highest BCUT2D eigenvalue weighted by Gasteiger charge is 2.32. The Bertz CT molecular complexity index is 2780. The predicted octanol–water partition coefficient (Wildman–Crippen LogP) is 9.46. The summed E-state index contributed by atoms with van der Waals surface area (Å²) in [5, 5.41) is 121. The molecule has 0 fully saturated rings. The highest BCUT2D eigenvalue weighted by Crippen LogP contribution is 2.25. The molecule has 0 aromatic rings. The maximum absolute atomic E-state index is 11.4. The molecular weight excluding hydrogens is 1630 g/mol. The number of aliphatic carboxylic acids is 2. The minimum Gasteiger partial charge on any atom is -0.481 e. The number of aliphatic hydroxyl groups excluding tert-OH is 10. The standard InChI is InChI=1S/C10H18O5.C10H20O3.C9H16O5.C9H18O4.2C9H18O3.C8H16O4.C8H16O3.C7H12O4.C6H10O4/c1-4-10(2,3)9(14)15-6-7(11)5-8(12)13;1-5-10(3,4)9(12)13-7-8(2)6-11;1-3-6(2)9(13)14-5-7(10)4-8(11)12;1-4-9(2,3)8(12)13-6-7(11)5-10;1-5-9(3,4)8(11)12-6-7(2)10;1-4-8(3)9(11)12-6-7(2)5-10;1-3-6(2)8(11)12-5-7(10)4-9;1-4-6(2)8(10)11-5-7(3)9;1-4-7(2,3)5(8)11-6(9)10;1-3-4(2)5(7)10-6(8)9/h7,11H,4-6H2,1-3H3,(H,12,13);8,11H,5-7H2,1-4H3;6-7,10H,3-5H2,1-2H3,(H,11,12);7,10-11H,4-6H2,1-3H3;7,10H,5-6H2,1-4H3;7-8,10H,4-6H2,1-3H3;6-7,9-10H,3-5H2,1-2H3;6-7,9H,4-5H2,1-3H3;4H2,1-3H3,(H,9,10);4H,3H2,1-2H3,(H,8,9). The van der Waals surface area contributed by atoms with E-state index >= 15 is 0 Å². The average Bonchev–Trinajstić information content (AvgIpc) is 0.909. The zero-order valence-electron chi connectivity index (χ0n) is 79.0. The summed E-state index contributed by atoms with van der Waals surface area (Å²) in [5.41, 5.74) is -2.67. The van der Waals surface area contributed by atoms with Gasteiger partial charge in [-0.3, -0.25) is 57.5 Å². The molecule has 0 heterocycles. The molecule has 0 rings (SSSR count). The van der Waals surface area contributed by atoms with Crippen LogP contribution in [0.3, 0.4) is 0 Å². The lowest BCUT2D eigenvalue weighted by Gasteiger charge is -2.21. The smallest absolute Gasteiger partial charge is 0.481 e. The summed E-state index contributed by atoms with van der Waals surface area (Å²) >= 11 is 0. The first kappa shape index (κ1) is 136. The third-order valence-corrected chi connectivity index (χ3v) is 18.1. The van der Waals surface area contributed by atoms with Crippen molar-refractivity contribution in [1.29, 1.82) is 0 Å². The fraction of sp³-hybridized carbons (Fsp3) is 0.835. The van der Waals surface area contributed by atoms with Gasteiger partial charge >= 0.3 is 83.9 Å². The summed E-state index contributed by atoms with van der Waals surface area (Å²) in [5.74, 6) is -6.67. The van der Waals surface area contributed by atoms with Gasteiger partial charge in [-0.2, -0.15) is 0 Å². The number of hydrogen-bond donors (Lipinski definition) is 14. The summed E-state index contributed by atoms with van der Waals surface area (Å²) in [7, 11) is 0. The van der Waals surface area contributed by atoms with Crippen molar-refractivity contribution in [3.8, 4) is 0 Å². The third kappa shape index (κ3) is 83.5. The number of aliphatic hydroxyl groups is 10. The summed E-state index contributed by atoms with van der Waals surface area (Å²) < 4.78 is 46.5. The summed E-state index contributed by atoms with van der Waals surface area (Å²) in [4.78, 5) is 151. The SMILES string of the molecule is CCC(C)(C)C(=O)OC(=O)O.CCC(C)(C)C(=O)OCC(C)CO.CCC(C)(C)C(=O)OCC(C)O.CCC(C)(C)C(=O)OCC(O)CC(=O)O.CCC(C)(C)C(=O)OCC(O)CO.CCC(C)C(=O)OC(=O)O.CCC(C)C(=O)OCC(C)CO.CCC(C)C(=O)OCC(C)O.CCC(C)C(=O)OCC(O)CC(=O)O.CCC(C)C(=O)OCC(O)CO. The Kier molecular flexibility index (Phi) is 85.8. The molecule has 0 aromatic carbocycles. The first-order valence-electron chi connectivity index (χ1n) is 41.5. The van der Waals surface area contributed by atoms with E-state index in [-0.39, 0.29) is 143 Å². The quantitative estimate of drug-likeness (QED) is 0.0153. The van der Waals surface area contributed by atoms with Gasteiger partial charge in [-0.15, -0.1) is 0 Å². The van der Waals surface area contributed by atoms with Crippen molar-refractivity contribution in [3.05, 3.63) is 0 Å². The maximum Gasteiger partial charge on any atom is 0.513 e. The Labute approximate surface area is 729 Å². The number of ether oxygens (including phenoxy) is 10. The Morgan fingerprint density at radius 2 is 0.447 bits per heavy atom. The van der Waals surface area contributed by atoms with Crippen molar-refractivity contribution >= 4 is 83.9 Å². The van der Waals surface area contributed by atoms with E-state index in [1.807, 2.05) is 111 Å². The molecule has 0 radical (unpaired) electrons. The Hall–Kier alpha value is -7.82. The number of carboxylic acids is 2. The van der Waals surface area contributed by atoms with Crippen LogP contribution in [0, 0.1) is 68.5 Å². The molecule has 38 nitrogen and oxygen atoms in total. The normalized spacial score (nSPS) is 13.9. The summed E-state index contributed by atoms with van der Waals surface area (Å²) in [6.07, 6.45) is -2.35. The molecule has 0 spiro atoms. The molecule has 0 bridgehead atoms. The molecule has 13 unspecified atom stereocenters. The second-order valence-corrected chi connectivity index (χ2v) is 32.4. The Morgan fingerprint density at radius 1 is 0.252 bits per heavy atom. The van der Waals surface area contributed by atoms with Gasteiger partial charge in [-0.05, 0) is 147 Å². The molecule has 0 aliphatic heterocycles. The van der Waals surface area contributed by atoms with Crippen LogP contribution in [0.5, 0.6) is 0 Å². The number of carbonyl (C=O) groups is 14. The lowest BCUT2D eigenvalue weighted by atomic mass is 9.91. The Morgan fingerprint density at radius 3 is 0.675 bits per heavy atom. The maximum atomic E-state index is 11.4. The van der Waals surface area contributed by atoms with Crippen molar-refractivity contribution in [2.45, 2.75) is 314 Å². The van der Waals surface area contributed by atoms with Crippen LogP contribution in [0.25, 0.3) is 0 Å². The second-order valence-electron chi connectivity index (χ2n) is 32.4. The van der Waals surface area contributed by atoms with E-state index in [9.17, 15) is 67.1 Å². The van der Waals surface area contributed by atoms with Crippen molar-refractivity contribution in [2.24, 2.45) is 68.5 Å². The van der Waals surface area contributed by atoms with Gasteiger partial charge in [-0.25, -0.2) is 9.59 Å². The van der Waals surface area contributed by atoms with E-state index in [0.29, 0.717) is 51.7 Å². The molecule has 13 atom stereocenters. The van der Waals surface area contributed by atoms with Gasteiger partial charge in [-0.1, -0.05) is 118 Å². The second kappa shape index (κ2) is 77.7.